The topological polar surface area (TPSA) is 77.0 Å². The minimum atomic E-state index is -0.754. The molecule has 0 saturated carbocycles. The molecule has 136 valence electrons. The molecular weight excluding hydrogens is 352 g/mol. The largest absolute Gasteiger partial charge is 0.465 e. The van der Waals surface area contributed by atoms with Crippen LogP contribution < -0.4 is 5.32 Å². The minimum absolute atomic E-state index is 0.287. The molecule has 0 heterocycles. The van der Waals surface area contributed by atoms with E-state index in [0.717, 1.165) is 16.1 Å². The van der Waals surface area contributed by atoms with Crippen LogP contribution in [0.5, 0.6) is 0 Å². The highest BCUT2D eigenvalue weighted by atomic mass is 32.2. The summed E-state index contributed by atoms with van der Waals surface area (Å²) in [6.07, 6.45) is 2.66. The number of rotatable bonds is 7. The number of hydrogen-bond acceptors (Lipinski definition) is 6. The second kappa shape index (κ2) is 9.62. The van der Waals surface area contributed by atoms with E-state index in [1.807, 2.05) is 30.5 Å². The maximum absolute atomic E-state index is 12.2. The van der Waals surface area contributed by atoms with Gasteiger partial charge in [0.2, 0.25) is 6.10 Å². The SMILES string of the molecule is COC(=O)c1ccc(/C=N/OC(C)C(=O)Nc2ccccc2SC)cc1. The van der Waals surface area contributed by atoms with Crippen molar-refractivity contribution >= 4 is 35.5 Å². The van der Waals surface area contributed by atoms with Gasteiger partial charge in [0, 0.05) is 4.90 Å². The van der Waals surface area contributed by atoms with Crippen molar-refractivity contribution in [3.63, 3.8) is 0 Å². The Kier molecular flexibility index (Phi) is 7.23. The van der Waals surface area contributed by atoms with Crippen LogP contribution in [-0.2, 0) is 14.4 Å². The van der Waals surface area contributed by atoms with Crippen LogP contribution >= 0.6 is 11.8 Å². The molecule has 7 heteroatoms. The van der Waals surface area contributed by atoms with Crippen molar-refractivity contribution < 1.29 is 19.2 Å². The predicted molar refractivity (Wildman–Crippen MR) is 103 cm³/mol. The summed E-state index contributed by atoms with van der Waals surface area (Å²) in [5.74, 6) is -0.690. The molecule has 2 rings (SSSR count). The van der Waals surface area contributed by atoms with Gasteiger partial charge in [0.25, 0.3) is 5.91 Å². The van der Waals surface area contributed by atoms with E-state index < -0.39 is 12.1 Å². The van der Waals surface area contributed by atoms with Crippen molar-refractivity contribution in [3.8, 4) is 0 Å². The van der Waals surface area contributed by atoms with Gasteiger partial charge in [0.15, 0.2) is 0 Å². The molecule has 26 heavy (non-hydrogen) atoms. The van der Waals surface area contributed by atoms with Crippen molar-refractivity contribution in [2.75, 3.05) is 18.7 Å². The highest BCUT2D eigenvalue weighted by Crippen LogP contribution is 2.24. The molecule has 0 spiro atoms. The molecule has 0 aliphatic heterocycles. The molecule has 6 nitrogen and oxygen atoms in total. The molecule has 1 atom stereocenters. The van der Waals surface area contributed by atoms with E-state index in [4.69, 9.17) is 4.84 Å². The summed E-state index contributed by atoms with van der Waals surface area (Å²) < 4.78 is 4.64. The van der Waals surface area contributed by atoms with Gasteiger partial charge in [-0.25, -0.2) is 4.79 Å². The Morgan fingerprint density at radius 1 is 1.15 bits per heavy atom. The second-order valence-corrected chi connectivity index (χ2v) is 6.13. The third-order valence-electron chi connectivity index (χ3n) is 3.49. The van der Waals surface area contributed by atoms with Gasteiger partial charge in [-0.05, 0) is 43.0 Å². The molecule has 2 aromatic carbocycles. The molecule has 0 fully saturated rings. The maximum atomic E-state index is 12.2. The number of hydrogen-bond donors (Lipinski definition) is 1. The van der Waals surface area contributed by atoms with Crippen LogP contribution in [0.3, 0.4) is 0 Å². The molecule has 0 radical (unpaired) electrons. The molecule has 1 N–H and O–H groups in total. The number of ether oxygens (including phenoxy) is 1. The molecule has 0 bridgehead atoms. The van der Waals surface area contributed by atoms with Crippen LogP contribution in [0, 0.1) is 0 Å². The summed E-state index contributed by atoms with van der Waals surface area (Å²) >= 11 is 1.55. The lowest BCUT2D eigenvalue weighted by molar-refractivity contribution is -0.126. The first kappa shape index (κ1) is 19.5. The van der Waals surface area contributed by atoms with E-state index in [-0.39, 0.29) is 5.91 Å². The van der Waals surface area contributed by atoms with Crippen LogP contribution in [-0.4, -0.2) is 37.6 Å². The number of amides is 1. The summed E-state index contributed by atoms with van der Waals surface area (Å²) in [5.41, 5.74) is 1.92. The van der Waals surface area contributed by atoms with E-state index in [1.54, 1.807) is 43.0 Å². The number of esters is 1. The van der Waals surface area contributed by atoms with Gasteiger partial charge in [-0.2, -0.15) is 0 Å². The number of carbonyl (C=O) groups excluding carboxylic acids is 2. The van der Waals surface area contributed by atoms with E-state index in [2.05, 4.69) is 15.2 Å². The highest BCUT2D eigenvalue weighted by Gasteiger charge is 2.15. The number of oxime groups is 1. The van der Waals surface area contributed by atoms with Crippen molar-refractivity contribution in [2.24, 2.45) is 5.16 Å². The maximum Gasteiger partial charge on any atom is 0.337 e. The van der Waals surface area contributed by atoms with E-state index in [9.17, 15) is 9.59 Å². The number of nitrogens with zero attached hydrogens (tertiary/aromatic N) is 1. The lowest BCUT2D eigenvalue weighted by Crippen LogP contribution is -2.26. The zero-order valence-electron chi connectivity index (χ0n) is 14.8. The second-order valence-electron chi connectivity index (χ2n) is 5.29. The zero-order valence-corrected chi connectivity index (χ0v) is 15.6. The molecule has 0 aromatic heterocycles. The third-order valence-corrected chi connectivity index (χ3v) is 4.28. The molecule has 2 aromatic rings. The van der Waals surface area contributed by atoms with E-state index in [1.165, 1.54) is 13.3 Å². The number of anilines is 1. The van der Waals surface area contributed by atoms with Crippen molar-refractivity contribution in [1.29, 1.82) is 0 Å². The number of carbonyl (C=O) groups is 2. The van der Waals surface area contributed by atoms with Crippen LogP contribution in [0.2, 0.25) is 0 Å². The lowest BCUT2D eigenvalue weighted by Gasteiger charge is -2.12. The number of thioether (sulfide) groups is 1. The van der Waals surface area contributed by atoms with Crippen molar-refractivity contribution in [1.82, 2.24) is 0 Å². The van der Waals surface area contributed by atoms with Crippen LogP contribution in [0.15, 0.2) is 58.6 Å². The summed E-state index contributed by atoms with van der Waals surface area (Å²) in [4.78, 5) is 29.8. The Hall–Kier alpha value is -2.80. The van der Waals surface area contributed by atoms with Gasteiger partial charge < -0.3 is 14.9 Å². The number of para-hydroxylation sites is 1. The van der Waals surface area contributed by atoms with Crippen LogP contribution in [0.4, 0.5) is 5.69 Å². The van der Waals surface area contributed by atoms with Crippen molar-refractivity contribution in [3.05, 3.63) is 59.7 Å². The molecule has 0 saturated heterocycles. The Labute approximate surface area is 156 Å². The van der Waals surface area contributed by atoms with E-state index in [0.29, 0.717) is 5.56 Å². The van der Waals surface area contributed by atoms with E-state index >= 15 is 0 Å². The zero-order chi connectivity index (χ0) is 18.9. The first-order chi connectivity index (χ1) is 12.5. The Balaban J connectivity index is 1.90. The number of benzene rings is 2. The fraction of sp³-hybridized carbons (Fsp3) is 0.211. The summed E-state index contributed by atoms with van der Waals surface area (Å²) in [6, 6.07) is 14.2. The molecule has 1 unspecified atom stereocenters. The summed E-state index contributed by atoms with van der Waals surface area (Å²) in [7, 11) is 1.33. The van der Waals surface area contributed by atoms with Gasteiger partial charge in [-0.15, -0.1) is 11.8 Å². The smallest absolute Gasteiger partial charge is 0.337 e. The van der Waals surface area contributed by atoms with Gasteiger partial charge in [-0.1, -0.05) is 29.4 Å². The van der Waals surface area contributed by atoms with Gasteiger partial charge >= 0.3 is 5.97 Å². The standard InChI is InChI=1S/C19H20N2O4S/c1-13(18(22)21-16-6-4-5-7-17(16)26-3)25-20-12-14-8-10-15(11-9-14)19(23)24-2/h4-13H,1-3H3,(H,21,22)/b20-12+. The summed E-state index contributed by atoms with van der Waals surface area (Å²) in [5, 5.41) is 6.66. The van der Waals surface area contributed by atoms with Crippen LogP contribution in [0.25, 0.3) is 0 Å². The first-order valence-corrected chi connectivity index (χ1v) is 9.09. The molecule has 1 amide bonds. The average molecular weight is 372 g/mol. The highest BCUT2D eigenvalue weighted by molar-refractivity contribution is 7.98. The predicted octanol–water partition coefficient (Wildman–Crippen LogP) is 3.57. The molecule has 0 aliphatic carbocycles. The van der Waals surface area contributed by atoms with Gasteiger partial charge in [0.1, 0.15) is 0 Å². The normalized spacial score (nSPS) is 11.8. The van der Waals surface area contributed by atoms with Crippen molar-refractivity contribution in [2.45, 2.75) is 17.9 Å². The Bertz CT molecular complexity index is 790. The summed E-state index contributed by atoms with van der Waals surface area (Å²) in [6.45, 7) is 1.62. The number of nitrogens with one attached hydrogen (secondary N) is 1. The number of methoxy groups -OCH3 is 1. The quantitative estimate of drug-likeness (QED) is 0.348. The molecular formula is C19H20N2O4S. The third kappa shape index (κ3) is 5.35. The Morgan fingerprint density at radius 3 is 2.50 bits per heavy atom. The Morgan fingerprint density at radius 2 is 1.85 bits per heavy atom. The fourth-order valence-corrected chi connectivity index (χ4v) is 2.59. The minimum Gasteiger partial charge on any atom is -0.465 e. The monoisotopic (exact) mass is 372 g/mol. The lowest BCUT2D eigenvalue weighted by atomic mass is 10.1. The molecule has 0 aliphatic rings. The van der Waals surface area contributed by atoms with Crippen LogP contribution in [0.1, 0.15) is 22.8 Å². The van der Waals surface area contributed by atoms with Gasteiger partial charge in [-0.3, -0.25) is 4.79 Å². The van der Waals surface area contributed by atoms with Gasteiger partial charge in [0.05, 0.1) is 24.6 Å². The first-order valence-electron chi connectivity index (χ1n) is 7.86. The fourth-order valence-electron chi connectivity index (χ4n) is 2.04. The average Bonchev–Trinajstić information content (AvgIpc) is 2.68.